The summed E-state index contributed by atoms with van der Waals surface area (Å²) in [5.41, 5.74) is 2.40. The Morgan fingerprint density at radius 2 is 1.82 bits per heavy atom. The highest BCUT2D eigenvalue weighted by Gasteiger charge is 2.20. The zero-order valence-corrected chi connectivity index (χ0v) is 15.8. The molecule has 0 saturated carbocycles. The van der Waals surface area contributed by atoms with Crippen molar-refractivity contribution in [1.29, 1.82) is 0 Å². The Balaban J connectivity index is 1.58. The van der Waals surface area contributed by atoms with E-state index in [1.807, 2.05) is 30.3 Å². The number of anilines is 1. The lowest BCUT2D eigenvalue weighted by Crippen LogP contribution is -2.29. The van der Waals surface area contributed by atoms with Gasteiger partial charge in [-0.25, -0.2) is 4.68 Å². The summed E-state index contributed by atoms with van der Waals surface area (Å²) in [6, 6.07) is 15.4. The summed E-state index contributed by atoms with van der Waals surface area (Å²) in [6.07, 6.45) is 0. The van der Waals surface area contributed by atoms with E-state index in [1.54, 1.807) is 19.1 Å². The first-order valence-electron chi connectivity index (χ1n) is 8.54. The predicted molar refractivity (Wildman–Crippen MR) is 107 cm³/mol. The van der Waals surface area contributed by atoms with Gasteiger partial charge in [-0.05, 0) is 31.2 Å². The van der Waals surface area contributed by atoms with Crippen molar-refractivity contribution < 1.29 is 9.72 Å². The van der Waals surface area contributed by atoms with Gasteiger partial charge in [0.1, 0.15) is 5.15 Å². The van der Waals surface area contributed by atoms with Crippen LogP contribution in [0.3, 0.4) is 0 Å². The molecule has 0 radical (unpaired) electrons. The van der Waals surface area contributed by atoms with Crippen molar-refractivity contribution in [2.24, 2.45) is 0 Å². The number of carbonyl (C=O) groups excluding carboxylic acids is 1. The maximum Gasteiger partial charge on any atom is 0.269 e. The molecule has 9 heteroatoms. The molecule has 3 rings (SSSR count). The predicted octanol–water partition coefficient (Wildman–Crippen LogP) is 3.58. The second-order valence-electron chi connectivity index (χ2n) is 5.99. The van der Waals surface area contributed by atoms with Crippen LogP contribution in [0.2, 0.25) is 5.15 Å². The number of halogens is 1. The van der Waals surface area contributed by atoms with Gasteiger partial charge in [0.25, 0.3) is 11.6 Å². The minimum Gasteiger partial charge on any atom is -0.383 e. The van der Waals surface area contributed by atoms with Crippen LogP contribution < -0.4 is 10.6 Å². The number of carbonyl (C=O) groups is 1. The summed E-state index contributed by atoms with van der Waals surface area (Å²) in [5.74, 6) is -0.310. The number of hydrogen-bond acceptors (Lipinski definition) is 5. The summed E-state index contributed by atoms with van der Waals surface area (Å²) >= 11 is 6.38. The van der Waals surface area contributed by atoms with Crippen molar-refractivity contribution in [1.82, 2.24) is 15.1 Å². The lowest BCUT2D eigenvalue weighted by molar-refractivity contribution is -0.384. The molecule has 144 valence electrons. The van der Waals surface area contributed by atoms with Crippen LogP contribution in [0.15, 0.2) is 54.6 Å². The number of nitrogens with zero attached hydrogens (tertiary/aromatic N) is 3. The zero-order valence-electron chi connectivity index (χ0n) is 15.1. The van der Waals surface area contributed by atoms with Crippen molar-refractivity contribution in [2.75, 3.05) is 18.4 Å². The van der Waals surface area contributed by atoms with E-state index >= 15 is 0 Å². The number of aromatic nitrogens is 2. The number of para-hydroxylation sites is 1. The van der Waals surface area contributed by atoms with Crippen molar-refractivity contribution in [3.8, 4) is 5.69 Å². The van der Waals surface area contributed by atoms with E-state index in [0.29, 0.717) is 24.3 Å². The SMILES string of the molecule is Cc1nn(-c2ccccc2)c(Cl)c1C(=O)NCCNc1ccc([N+](=O)[O-])cc1. The number of nitro groups is 1. The topological polar surface area (TPSA) is 102 Å². The third-order valence-corrected chi connectivity index (χ3v) is 4.40. The van der Waals surface area contributed by atoms with Gasteiger partial charge < -0.3 is 10.6 Å². The quantitative estimate of drug-likeness (QED) is 0.359. The van der Waals surface area contributed by atoms with Crippen LogP contribution in [0, 0.1) is 17.0 Å². The summed E-state index contributed by atoms with van der Waals surface area (Å²) in [5, 5.41) is 21.1. The Morgan fingerprint density at radius 3 is 2.46 bits per heavy atom. The molecule has 0 atom stereocenters. The molecule has 0 bridgehead atoms. The Labute approximate surface area is 166 Å². The Hall–Kier alpha value is -3.39. The second-order valence-corrected chi connectivity index (χ2v) is 6.34. The highest BCUT2D eigenvalue weighted by molar-refractivity contribution is 6.33. The Kier molecular flexibility index (Phi) is 5.90. The van der Waals surface area contributed by atoms with Gasteiger partial charge >= 0.3 is 0 Å². The smallest absolute Gasteiger partial charge is 0.269 e. The maximum atomic E-state index is 12.5. The molecular formula is C19H18ClN5O3. The maximum absolute atomic E-state index is 12.5. The van der Waals surface area contributed by atoms with Gasteiger partial charge in [0.2, 0.25) is 0 Å². The molecule has 3 aromatic rings. The number of rotatable bonds is 7. The highest BCUT2D eigenvalue weighted by Crippen LogP contribution is 2.23. The monoisotopic (exact) mass is 399 g/mol. The number of nitrogens with one attached hydrogen (secondary N) is 2. The van der Waals surface area contributed by atoms with E-state index in [4.69, 9.17) is 11.6 Å². The molecular weight excluding hydrogens is 382 g/mol. The minimum atomic E-state index is -0.453. The minimum absolute atomic E-state index is 0.0272. The van der Waals surface area contributed by atoms with Crippen LogP contribution in [0.5, 0.6) is 0 Å². The Bertz CT molecular complexity index is 987. The first-order valence-corrected chi connectivity index (χ1v) is 8.92. The van der Waals surface area contributed by atoms with E-state index in [1.165, 1.54) is 16.8 Å². The van der Waals surface area contributed by atoms with Gasteiger partial charge in [-0.3, -0.25) is 14.9 Å². The number of hydrogen-bond donors (Lipinski definition) is 2. The third kappa shape index (κ3) is 4.29. The fourth-order valence-electron chi connectivity index (χ4n) is 2.67. The molecule has 1 heterocycles. The molecule has 8 nitrogen and oxygen atoms in total. The van der Waals surface area contributed by atoms with E-state index in [-0.39, 0.29) is 16.7 Å². The third-order valence-electron chi connectivity index (χ3n) is 4.05. The fourth-order valence-corrected chi connectivity index (χ4v) is 3.03. The summed E-state index contributed by atoms with van der Waals surface area (Å²) in [7, 11) is 0. The molecule has 0 fully saturated rings. The molecule has 28 heavy (non-hydrogen) atoms. The molecule has 0 saturated heterocycles. The summed E-state index contributed by atoms with van der Waals surface area (Å²) in [6.45, 7) is 2.53. The second kappa shape index (κ2) is 8.53. The zero-order chi connectivity index (χ0) is 20.1. The Morgan fingerprint density at radius 1 is 1.14 bits per heavy atom. The largest absolute Gasteiger partial charge is 0.383 e. The van der Waals surface area contributed by atoms with Crippen LogP contribution in [-0.4, -0.2) is 33.7 Å². The molecule has 0 unspecified atom stereocenters. The molecule has 2 N–H and O–H groups in total. The van der Waals surface area contributed by atoms with Gasteiger partial charge in [0.15, 0.2) is 0 Å². The van der Waals surface area contributed by atoms with E-state index < -0.39 is 4.92 Å². The van der Waals surface area contributed by atoms with Gasteiger partial charge in [-0.1, -0.05) is 29.8 Å². The number of benzene rings is 2. The summed E-state index contributed by atoms with van der Waals surface area (Å²) in [4.78, 5) is 22.7. The number of amides is 1. The first kappa shape index (κ1) is 19.4. The average molecular weight is 400 g/mol. The molecule has 0 spiro atoms. The fraction of sp³-hybridized carbons (Fsp3) is 0.158. The molecule has 0 aliphatic heterocycles. The van der Waals surface area contributed by atoms with Gasteiger partial charge in [0.05, 0.1) is 21.9 Å². The molecule has 0 aliphatic carbocycles. The van der Waals surface area contributed by atoms with Crippen LogP contribution >= 0.6 is 11.6 Å². The van der Waals surface area contributed by atoms with Crippen molar-refractivity contribution >= 4 is 28.9 Å². The standard InChI is InChI=1S/C19H18ClN5O3/c1-13-17(18(20)24(23-13)15-5-3-2-4-6-15)19(26)22-12-11-21-14-7-9-16(10-8-14)25(27)28/h2-10,21H,11-12H2,1H3,(H,22,26). The molecule has 1 amide bonds. The lowest BCUT2D eigenvalue weighted by Gasteiger charge is -2.08. The normalized spacial score (nSPS) is 10.5. The van der Waals surface area contributed by atoms with Crippen LogP contribution in [0.25, 0.3) is 5.69 Å². The van der Waals surface area contributed by atoms with Crippen molar-refractivity contribution in [3.63, 3.8) is 0 Å². The lowest BCUT2D eigenvalue weighted by atomic mass is 10.2. The molecule has 0 aliphatic rings. The van der Waals surface area contributed by atoms with Crippen molar-refractivity contribution in [2.45, 2.75) is 6.92 Å². The molecule has 2 aromatic carbocycles. The van der Waals surface area contributed by atoms with Crippen LogP contribution in [0.4, 0.5) is 11.4 Å². The molecule has 1 aromatic heterocycles. The van der Waals surface area contributed by atoms with Gasteiger partial charge in [-0.15, -0.1) is 0 Å². The van der Waals surface area contributed by atoms with Crippen LogP contribution in [0.1, 0.15) is 16.1 Å². The van der Waals surface area contributed by atoms with E-state index in [0.717, 1.165) is 11.4 Å². The van der Waals surface area contributed by atoms with Gasteiger partial charge in [-0.2, -0.15) is 5.10 Å². The average Bonchev–Trinajstić information content (AvgIpc) is 3.00. The van der Waals surface area contributed by atoms with E-state index in [2.05, 4.69) is 15.7 Å². The number of aryl methyl sites for hydroxylation is 1. The van der Waals surface area contributed by atoms with Crippen molar-refractivity contribution in [3.05, 3.63) is 81.1 Å². The first-order chi connectivity index (χ1) is 13.5. The van der Waals surface area contributed by atoms with Crippen LogP contribution in [-0.2, 0) is 0 Å². The van der Waals surface area contributed by atoms with E-state index in [9.17, 15) is 14.9 Å². The number of nitro benzene ring substituents is 1. The highest BCUT2D eigenvalue weighted by atomic mass is 35.5. The van der Waals surface area contributed by atoms with Gasteiger partial charge in [0, 0.05) is 30.9 Å². The number of non-ortho nitro benzene ring substituents is 1. The summed E-state index contributed by atoms with van der Waals surface area (Å²) < 4.78 is 1.53.